The first kappa shape index (κ1) is 31.6. The summed E-state index contributed by atoms with van der Waals surface area (Å²) in [6.45, 7) is 7.88. The molecule has 0 bridgehead atoms. The third-order valence-corrected chi connectivity index (χ3v) is 12.6. The summed E-state index contributed by atoms with van der Waals surface area (Å²) in [6, 6.07) is 68.2. The first-order chi connectivity index (χ1) is 28.2. The van der Waals surface area contributed by atoms with Crippen LogP contribution >= 0.6 is 0 Å². The molecule has 0 unspecified atom stereocenters. The molecule has 0 aromatic heterocycles. The standard InChI is InChI=1S/C55H30N2/c1-57-40-26-33(32-56)25-36(30-40)38-27-37(34-13-3-2-4-14-34)28-39(29-38)52-53-45-21-12-16-35-15-11-20-43(51(35)45)46(53)31-50-54(52)44-19-7-10-24-49(44)55(50)47-22-8-5-17-41(47)42-18-6-9-23-48(42)55/h2-31H. The van der Waals surface area contributed by atoms with Gasteiger partial charge in [-0.2, -0.15) is 5.26 Å². The molecule has 0 radical (unpaired) electrons. The average molecular weight is 719 g/mol. The molecule has 3 aliphatic carbocycles. The lowest BCUT2D eigenvalue weighted by atomic mass is 9.69. The smallest absolute Gasteiger partial charge is 0.189 e. The van der Waals surface area contributed by atoms with Crippen LogP contribution in [-0.4, -0.2) is 0 Å². The fourth-order valence-corrected chi connectivity index (χ4v) is 10.4. The summed E-state index contributed by atoms with van der Waals surface area (Å²) >= 11 is 0. The molecule has 12 rings (SSSR count). The highest BCUT2D eigenvalue weighted by atomic mass is 14.6. The normalized spacial score (nSPS) is 13.0. The van der Waals surface area contributed by atoms with Crippen LogP contribution in [0.15, 0.2) is 182 Å². The molecule has 0 saturated carbocycles. The van der Waals surface area contributed by atoms with Crippen LogP contribution in [0.5, 0.6) is 0 Å². The van der Waals surface area contributed by atoms with Gasteiger partial charge in [-0.25, -0.2) is 4.85 Å². The largest absolute Gasteiger partial charge is 0.238 e. The summed E-state index contributed by atoms with van der Waals surface area (Å²) in [4.78, 5) is 3.77. The van der Waals surface area contributed by atoms with Crippen molar-refractivity contribution in [2.24, 2.45) is 0 Å². The van der Waals surface area contributed by atoms with Crippen molar-refractivity contribution in [3.63, 3.8) is 0 Å². The molecular formula is C55H30N2. The molecule has 0 atom stereocenters. The van der Waals surface area contributed by atoms with Gasteiger partial charge in [-0.3, -0.25) is 0 Å². The molecule has 9 aromatic rings. The highest BCUT2D eigenvalue weighted by molar-refractivity contribution is 6.21. The average Bonchev–Trinajstić information content (AvgIpc) is 3.88. The van der Waals surface area contributed by atoms with Gasteiger partial charge in [-0.05, 0) is 153 Å². The lowest BCUT2D eigenvalue weighted by Crippen LogP contribution is -2.26. The Morgan fingerprint density at radius 1 is 0.404 bits per heavy atom. The third kappa shape index (κ3) is 4.17. The van der Waals surface area contributed by atoms with Crippen molar-refractivity contribution in [1.29, 1.82) is 5.26 Å². The van der Waals surface area contributed by atoms with Gasteiger partial charge < -0.3 is 0 Å². The van der Waals surface area contributed by atoms with Gasteiger partial charge in [0.05, 0.1) is 18.1 Å². The van der Waals surface area contributed by atoms with Gasteiger partial charge in [0.25, 0.3) is 0 Å². The number of nitriles is 1. The molecule has 3 aliphatic rings. The van der Waals surface area contributed by atoms with Gasteiger partial charge >= 0.3 is 0 Å². The van der Waals surface area contributed by atoms with Crippen molar-refractivity contribution in [2.75, 3.05) is 0 Å². The van der Waals surface area contributed by atoms with E-state index >= 15 is 0 Å². The summed E-state index contributed by atoms with van der Waals surface area (Å²) < 4.78 is 0. The van der Waals surface area contributed by atoms with Crippen LogP contribution in [0.2, 0.25) is 0 Å². The first-order valence-electron chi connectivity index (χ1n) is 19.3. The van der Waals surface area contributed by atoms with Gasteiger partial charge in [0.1, 0.15) is 0 Å². The van der Waals surface area contributed by atoms with Crippen LogP contribution in [0.4, 0.5) is 5.69 Å². The van der Waals surface area contributed by atoms with E-state index in [4.69, 9.17) is 6.57 Å². The zero-order chi connectivity index (χ0) is 37.8. The Balaban J connectivity index is 1.28. The molecule has 1 spiro atoms. The summed E-state index contributed by atoms with van der Waals surface area (Å²) in [6.07, 6.45) is 0. The van der Waals surface area contributed by atoms with E-state index in [1.807, 2.05) is 12.1 Å². The minimum atomic E-state index is -0.517. The van der Waals surface area contributed by atoms with Crippen LogP contribution in [0.1, 0.15) is 27.8 Å². The molecule has 2 nitrogen and oxygen atoms in total. The molecule has 0 aliphatic heterocycles. The Hall–Kier alpha value is -7.78. The Morgan fingerprint density at radius 2 is 0.965 bits per heavy atom. The molecule has 9 aromatic carbocycles. The fraction of sp³-hybridized carbons (Fsp3) is 0.0182. The van der Waals surface area contributed by atoms with Crippen LogP contribution in [-0.2, 0) is 5.41 Å². The Morgan fingerprint density at radius 3 is 1.65 bits per heavy atom. The van der Waals surface area contributed by atoms with Gasteiger partial charge in [0.2, 0.25) is 0 Å². The van der Waals surface area contributed by atoms with Crippen molar-refractivity contribution >= 4 is 16.5 Å². The highest BCUT2D eigenvalue weighted by Gasteiger charge is 2.53. The number of rotatable bonds is 3. The molecular weight excluding hydrogens is 689 g/mol. The van der Waals surface area contributed by atoms with Crippen LogP contribution in [0.25, 0.3) is 93.5 Å². The molecule has 260 valence electrons. The summed E-state index contributed by atoms with van der Waals surface area (Å²) in [5.74, 6) is 0. The second-order valence-electron chi connectivity index (χ2n) is 15.3. The van der Waals surface area contributed by atoms with E-state index in [1.54, 1.807) is 6.07 Å². The second-order valence-corrected chi connectivity index (χ2v) is 15.3. The Bertz CT molecular complexity index is 3240. The van der Waals surface area contributed by atoms with E-state index in [1.165, 1.54) is 83.1 Å². The van der Waals surface area contributed by atoms with E-state index in [-0.39, 0.29) is 0 Å². The number of hydrogen-bond acceptors (Lipinski definition) is 1. The number of benzene rings is 9. The minimum Gasteiger partial charge on any atom is -0.238 e. The molecule has 0 heterocycles. The van der Waals surface area contributed by atoms with Crippen molar-refractivity contribution < 1.29 is 0 Å². The van der Waals surface area contributed by atoms with E-state index in [2.05, 4.69) is 175 Å². The maximum absolute atomic E-state index is 10.0. The zero-order valence-corrected chi connectivity index (χ0v) is 30.7. The van der Waals surface area contributed by atoms with Crippen LogP contribution in [0.3, 0.4) is 0 Å². The Kier molecular flexibility index (Phi) is 6.43. The predicted octanol–water partition coefficient (Wildman–Crippen LogP) is 14.3. The summed E-state index contributed by atoms with van der Waals surface area (Å²) in [5.41, 5.74) is 22.0. The molecule has 0 N–H and O–H groups in total. The first-order valence-corrected chi connectivity index (χ1v) is 19.3. The minimum absolute atomic E-state index is 0.453. The zero-order valence-electron chi connectivity index (χ0n) is 30.7. The van der Waals surface area contributed by atoms with E-state index in [9.17, 15) is 5.26 Å². The molecule has 0 amide bonds. The van der Waals surface area contributed by atoms with Gasteiger partial charge in [-0.1, -0.05) is 140 Å². The van der Waals surface area contributed by atoms with Crippen molar-refractivity contribution in [3.8, 4) is 84.0 Å². The van der Waals surface area contributed by atoms with Gasteiger partial charge in [0, 0.05) is 5.56 Å². The lowest BCUT2D eigenvalue weighted by Gasteiger charge is -2.31. The van der Waals surface area contributed by atoms with Crippen LogP contribution < -0.4 is 0 Å². The quantitative estimate of drug-likeness (QED) is 0.167. The van der Waals surface area contributed by atoms with Gasteiger partial charge in [0.15, 0.2) is 5.69 Å². The maximum atomic E-state index is 10.0. The predicted molar refractivity (Wildman–Crippen MR) is 232 cm³/mol. The fourth-order valence-electron chi connectivity index (χ4n) is 10.4. The topological polar surface area (TPSA) is 28.1 Å². The molecule has 0 fully saturated rings. The van der Waals surface area contributed by atoms with E-state index in [0.29, 0.717) is 11.3 Å². The van der Waals surface area contributed by atoms with E-state index in [0.717, 1.165) is 27.8 Å². The van der Waals surface area contributed by atoms with Gasteiger partial charge in [-0.15, -0.1) is 0 Å². The molecule has 2 heteroatoms. The lowest BCUT2D eigenvalue weighted by molar-refractivity contribution is 0.794. The SMILES string of the molecule is [C-]#[N+]c1cc(C#N)cc(-c2cc(-c3ccccc3)cc(-c3c4c(cc5c3-c3ccccc3C53c5ccccc5-c5ccccc53)-c3cccc5cccc-4c35)c2)c1. The van der Waals surface area contributed by atoms with Crippen molar-refractivity contribution in [3.05, 3.63) is 221 Å². The van der Waals surface area contributed by atoms with Crippen molar-refractivity contribution in [2.45, 2.75) is 5.41 Å². The molecule has 57 heavy (non-hydrogen) atoms. The monoisotopic (exact) mass is 718 g/mol. The summed E-state index contributed by atoms with van der Waals surface area (Å²) in [5, 5.41) is 12.6. The van der Waals surface area contributed by atoms with E-state index < -0.39 is 5.41 Å². The Labute approximate surface area is 331 Å². The number of hydrogen-bond donors (Lipinski definition) is 0. The van der Waals surface area contributed by atoms with Crippen molar-refractivity contribution in [1.82, 2.24) is 0 Å². The van der Waals surface area contributed by atoms with Crippen LogP contribution in [0, 0.1) is 17.9 Å². The second kappa shape index (κ2) is 11.6. The maximum Gasteiger partial charge on any atom is 0.189 e. The molecule has 0 saturated heterocycles. The third-order valence-electron chi connectivity index (χ3n) is 12.6. The highest BCUT2D eigenvalue weighted by Crippen LogP contribution is 2.67. The number of fused-ring (bicyclic) bond motifs is 13. The number of nitrogens with zero attached hydrogens (tertiary/aromatic N) is 2. The summed E-state index contributed by atoms with van der Waals surface area (Å²) in [7, 11) is 0.